The predicted molar refractivity (Wildman–Crippen MR) is 101 cm³/mol. The zero-order chi connectivity index (χ0) is 21.0. The number of alkyl halides is 3. The summed E-state index contributed by atoms with van der Waals surface area (Å²) in [7, 11) is 1.46. The van der Waals surface area contributed by atoms with Crippen molar-refractivity contribution in [2.24, 2.45) is 0 Å². The first kappa shape index (κ1) is 21.4. The number of nitrogens with one attached hydrogen (secondary N) is 1. The molecular formula is C19H21ClF3N3O3. The van der Waals surface area contributed by atoms with E-state index in [9.17, 15) is 13.2 Å². The van der Waals surface area contributed by atoms with Crippen molar-refractivity contribution < 1.29 is 27.4 Å². The van der Waals surface area contributed by atoms with E-state index < -0.39 is 6.36 Å². The standard InChI is InChI=1S/C19H21ClF3N3O3/c1-11-16(20)25-18(27-2)26-17(11)24-10-14-4-3-5-15(28-14)12-6-8-13(9-7-12)29-19(21,22)23/h6-9,14-15H,3-5,10H2,1-2H3,(H,24,25,26)/t14-,15+/m1/s1. The Morgan fingerprint density at radius 2 is 1.93 bits per heavy atom. The van der Waals surface area contributed by atoms with Gasteiger partial charge in [-0.15, -0.1) is 13.2 Å². The molecule has 1 aromatic carbocycles. The minimum absolute atomic E-state index is 0.0843. The number of hydrogen-bond donors (Lipinski definition) is 1. The predicted octanol–water partition coefficient (Wildman–Crippen LogP) is 5.07. The highest BCUT2D eigenvalue weighted by Gasteiger charge is 2.31. The molecule has 1 aromatic heterocycles. The van der Waals surface area contributed by atoms with E-state index in [1.807, 2.05) is 0 Å². The monoisotopic (exact) mass is 431 g/mol. The van der Waals surface area contributed by atoms with E-state index >= 15 is 0 Å². The van der Waals surface area contributed by atoms with Crippen molar-refractivity contribution >= 4 is 17.4 Å². The second-order valence-electron chi connectivity index (χ2n) is 6.65. The first-order valence-electron chi connectivity index (χ1n) is 9.08. The Balaban J connectivity index is 1.60. The number of rotatable bonds is 6. The molecule has 0 aliphatic carbocycles. The molecule has 2 atom stereocenters. The highest BCUT2D eigenvalue weighted by molar-refractivity contribution is 6.30. The van der Waals surface area contributed by atoms with E-state index in [0.29, 0.717) is 23.1 Å². The van der Waals surface area contributed by atoms with Gasteiger partial charge in [0.1, 0.15) is 16.7 Å². The summed E-state index contributed by atoms with van der Waals surface area (Å²) in [5.41, 5.74) is 1.52. The lowest BCUT2D eigenvalue weighted by Gasteiger charge is -2.31. The second-order valence-corrected chi connectivity index (χ2v) is 7.01. The molecule has 1 N–H and O–H groups in total. The first-order chi connectivity index (χ1) is 13.7. The summed E-state index contributed by atoms with van der Waals surface area (Å²) in [5, 5.41) is 3.53. The fraction of sp³-hybridized carbons (Fsp3) is 0.474. The van der Waals surface area contributed by atoms with Gasteiger partial charge in [-0.25, -0.2) is 0 Å². The minimum atomic E-state index is -4.70. The van der Waals surface area contributed by atoms with Crippen molar-refractivity contribution in [3.8, 4) is 11.8 Å². The van der Waals surface area contributed by atoms with Gasteiger partial charge in [0.25, 0.3) is 0 Å². The molecule has 3 rings (SSSR count). The molecular weight excluding hydrogens is 411 g/mol. The molecule has 0 amide bonds. The van der Waals surface area contributed by atoms with Gasteiger partial charge in [0.2, 0.25) is 0 Å². The lowest BCUT2D eigenvalue weighted by atomic mass is 9.98. The molecule has 0 radical (unpaired) electrons. The summed E-state index contributed by atoms with van der Waals surface area (Å²) in [6.07, 6.45) is -2.40. The summed E-state index contributed by atoms with van der Waals surface area (Å²) in [4.78, 5) is 8.27. The number of benzene rings is 1. The third kappa shape index (κ3) is 5.86. The quantitative estimate of drug-likeness (QED) is 0.644. The number of ether oxygens (including phenoxy) is 3. The van der Waals surface area contributed by atoms with E-state index in [1.165, 1.54) is 19.2 Å². The number of anilines is 1. The van der Waals surface area contributed by atoms with E-state index in [4.69, 9.17) is 21.1 Å². The van der Waals surface area contributed by atoms with Gasteiger partial charge in [-0.1, -0.05) is 23.7 Å². The van der Waals surface area contributed by atoms with Crippen LogP contribution >= 0.6 is 11.6 Å². The Morgan fingerprint density at radius 3 is 2.59 bits per heavy atom. The molecule has 1 saturated heterocycles. The third-order valence-corrected chi connectivity index (χ3v) is 4.95. The van der Waals surface area contributed by atoms with Crippen molar-refractivity contribution in [1.29, 1.82) is 0 Å². The van der Waals surface area contributed by atoms with Crippen molar-refractivity contribution in [2.45, 2.75) is 44.8 Å². The zero-order valence-corrected chi connectivity index (χ0v) is 16.7. The highest BCUT2D eigenvalue weighted by atomic mass is 35.5. The van der Waals surface area contributed by atoms with Crippen LogP contribution in [0.15, 0.2) is 24.3 Å². The molecule has 6 nitrogen and oxygen atoms in total. The number of hydrogen-bond acceptors (Lipinski definition) is 6. The van der Waals surface area contributed by atoms with Crippen LogP contribution in [0.4, 0.5) is 19.0 Å². The van der Waals surface area contributed by atoms with Gasteiger partial charge in [0.15, 0.2) is 0 Å². The van der Waals surface area contributed by atoms with E-state index in [2.05, 4.69) is 20.0 Å². The Labute approximate surface area is 171 Å². The lowest BCUT2D eigenvalue weighted by molar-refractivity contribution is -0.274. The van der Waals surface area contributed by atoms with Crippen LogP contribution in [0.1, 0.15) is 36.5 Å². The topological polar surface area (TPSA) is 65.5 Å². The molecule has 0 bridgehead atoms. The molecule has 158 valence electrons. The number of methoxy groups -OCH3 is 1. The Bertz CT molecular complexity index is 834. The third-order valence-electron chi connectivity index (χ3n) is 4.58. The van der Waals surface area contributed by atoms with Crippen molar-refractivity contribution in [2.75, 3.05) is 19.0 Å². The van der Waals surface area contributed by atoms with E-state index in [-0.39, 0.29) is 24.0 Å². The highest BCUT2D eigenvalue weighted by Crippen LogP contribution is 2.33. The number of aromatic nitrogens is 2. The van der Waals surface area contributed by atoms with Gasteiger partial charge in [-0.3, -0.25) is 0 Å². The van der Waals surface area contributed by atoms with E-state index in [1.54, 1.807) is 19.1 Å². The average molecular weight is 432 g/mol. The van der Waals surface area contributed by atoms with Crippen LogP contribution < -0.4 is 14.8 Å². The normalized spacial score (nSPS) is 19.7. The maximum atomic E-state index is 12.3. The number of nitrogens with zero attached hydrogens (tertiary/aromatic N) is 2. The van der Waals surface area contributed by atoms with Crippen LogP contribution in [0.25, 0.3) is 0 Å². The minimum Gasteiger partial charge on any atom is -0.467 e. The van der Waals surface area contributed by atoms with Crippen molar-refractivity contribution in [3.63, 3.8) is 0 Å². The fourth-order valence-electron chi connectivity index (χ4n) is 3.12. The van der Waals surface area contributed by atoms with Crippen LogP contribution in [-0.2, 0) is 4.74 Å². The van der Waals surface area contributed by atoms with E-state index in [0.717, 1.165) is 24.8 Å². The van der Waals surface area contributed by atoms with Gasteiger partial charge in [-0.2, -0.15) is 9.97 Å². The molecule has 1 aliphatic rings. The van der Waals surface area contributed by atoms with Gasteiger partial charge in [0.05, 0.1) is 19.3 Å². The molecule has 10 heteroatoms. The number of halogens is 4. The first-order valence-corrected chi connectivity index (χ1v) is 9.46. The molecule has 2 heterocycles. The molecule has 1 aliphatic heterocycles. The molecule has 0 saturated carbocycles. The van der Waals surface area contributed by atoms with Gasteiger partial charge in [-0.05, 0) is 43.9 Å². The van der Waals surface area contributed by atoms with Crippen LogP contribution in [0, 0.1) is 6.92 Å². The molecule has 29 heavy (non-hydrogen) atoms. The van der Waals surface area contributed by atoms with Crippen molar-refractivity contribution in [3.05, 3.63) is 40.5 Å². The summed E-state index contributed by atoms with van der Waals surface area (Å²) < 4.78 is 52.0. The van der Waals surface area contributed by atoms with Gasteiger partial charge < -0.3 is 19.5 Å². The SMILES string of the molecule is COc1nc(Cl)c(C)c(NC[C@H]2CCC[C@@H](c3ccc(OC(F)(F)F)cc3)O2)n1. The fourth-order valence-corrected chi connectivity index (χ4v) is 3.28. The van der Waals surface area contributed by atoms with Gasteiger partial charge in [0, 0.05) is 12.1 Å². The van der Waals surface area contributed by atoms with Crippen LogP contribution in [0.2, 0.25) is 5.15 Å². The Kier molecular flexibility index (Phi) is 6.69. The van der Waals surface area contributed by atoms with Crippen LogP contribution in [0.5, 0.6) is 11.8 Å². The Hall–Kier alpha value is -2.26. The average Bonchev–Trinajstić information content (AvgIpc) is 2.68. The summed E-state index contributed by atoms with van der Waals surface area (Å²) in [6, 6.07) is 5.97. The lowest BCUT2D eigenvalue weighted by Crippen LogP contribution is -2.29. The maximum Gasteiger partial charge on any atom is 0.573 e. The Morgan fingerprint density at radius 1 is 1.21 bits per heavy atom. The van der Waals surface area contributed by atoms with Crippen LogP contribution in [0.3, 0.4) is 0 Å². The van der Waals surface area contributed by atoms with Gasteiger partial charge >= 0.3 is 12.4 Å². The van der Waals surface area contributed by atoms with Crippen molar-refractivity contribution in [1.82, 2.24) is 9.97 Å². The smallest absolute Gasteiger partial charge is 0.467 e. The maximum absolute atomic E-state index is 12.3. The van der Waals surface area contributed by atoms with Crippen LogP contribution in [-0.4, -0.2) is 36.1 Å². The molecule has 1 fully saturated rings. The zero-order valence-electron chi connectivity index (χ0n) is 15.9. The summed E-state index contributed by atoms with van der Waals surface area (Å²) in [6.45, 7) is 2.31. The summed E-state index contributed by atoms with van der Waals surface area (Å²) in [5.74, 6) is 0.321. The summed E-state index contributed by atoms with van der Waals surface area (Å²) >= 11 is 6.09. The second kappa shape index (κ2) is 9.04. The largest absolute Gasteiger partial charge is 0.573 e. The molecule has 2 aromatic rings. The molecule has 0 spiro atoms. The molecule has 0 unspecified atom stereocenters.